The Morgan fingerprint density at radius 2 is 1.75 bits per heavy atom. The molecule has 0 spiro atoms. The molecule has 2 aromatic carbocycles. The highest BCUT2D eigenvalue weighted by Gasteiger charge is 2.03. The molecule has 1 aromatic heterocycles. The molecule has 16 heavy (non-hydrogen) atoms. The van der Waals surface area contributed by atoms with Crippen LogP contribution in [0.5, 0.6) is 0 Å². The lowest BCUT2D eigenvalue weighted by Gasteiger charge is -1.95. The third-order valence-electron chi connectivity index (χ3n) is 2.27. The molecule has 3 rings (SSSR count). The molecule has 0 atom stereocenters. The zero-order valence-electron chi connectivity index (χ0n) is 8.26. The van der Waals surface area contributed by atoms with Gasteiger partial charge in [0.25, 0.3) is 0 Å². The smallest absolute Gasteiger partial charge is 0.115 e. The van der Waals surface area contributed by atoms with Crippen molar-refractivity contribution in [2.75, 3.05) is 0 Å². The van der Waals surface area contributed by atoms with Crippen molar-refractivity contribution in [2.45, 2.75) is 0 Å². The SMILES string of the molecule is Clc1ccc2nn(-c3cc[c]cc3)nc2c1. The summed E-state index contributed by atoms with van der Waals surface area (Å²) in [7, 11) is 0. The Labute approximate surface area is 97.3 Å². The van der Waals surface area contributed by atoms with Gasteiger partial charge in [0.15, 0.2) is 0 Å². The highest BCUT2D eigenvalue weighted by atomic mass is 35.5. The molecule has 0 aliphatic rings. The predicted octanol–water partition coefficient (Wildman–Crippen LogP) is 2.87. The number of rotatable bonds is 1. The van der Waals surface area contributed by atoms with Crippen LogP contribution in [0, 0.1) is 6.07 Å². The lowest BCUT2D eigenvalue weighted by Crippen LogP contribution is -1.97. The molecule has 1 heterocycles. The van der Waals surface area contributed by atoms with Crippen molar-refractivity contribution in [2.24, 2.45) is 0 Å². The first kappa shape index (κ1) is 9.36. The van der Waals surface area contributed by atoms with Gasteiger partial charge in [-0.05, 0) is 36.4 Å². The van der Waals surface area contributed by atoms with E-state index in [4.69, 9.17) is 11.6 Å². The van der Waals surface area contributed by atoms with Gasteiger partial charge in [-0.25, -0.2) is 0 Å². The Balaban J connectivity index is 2.19. The van der Waals surface area contributed by atoms with Crippen LogP contribution in [0.25, 0.3) is 16.7 Å². The largest absolute Gasteiger partial charge is 0.150 e. The summed E-state index contributed by atoms with van der Waals surface area (Å²) in [6.07, 6.45) is 0. The van der Waals surface area contributed by atoms with Crippen molar-refractivity contribution >= 4 is 22.6 Å². The average Bonchev–Trinajstić information content (AvgIpc) is 2.73. The molecule has 0 aliphatic heterocycles. The molecule has 3 nitrogen and oxygen atoms in total. The third kappa shape index (κ3) is 1.55. The van der Waals surface area contributed by atoms with Crippen LogP contribution in [-0.4, -0.2) is 15.0 Å². The first-order chi connectivity index (χ1) is 7.83. The van der Waals surface area contributed by atoms with E-state index in [1.807, 2.05) is 36.4 Å². The van der Waals surface area contributed by atoms with Gasteiger partial charge in [-0.2, -0.15) is 4.80 Å². The molecule has 0 N–H and O–H groups in total. The summed E-state index contributed by atoms with van der Waals surface area (Å²) in [5.74, 6) is 0. The maximum Gasteiger partial charge on any atom is 0.115 e. The molecule has 0 amide bonds. The van der Waals surface area contributed by atoms with Crippen LogP contribution in [0.15, 0.2) is 42.5 Å². The summed E-state index contributed by atoms with van der Waals surface area (Å²) < 4.78 is 0. The Kier molecular flexibility index (Phi) is 2.11. The van der Waals surface area contributed by atoms with Gasteiger partial charge in [0.05, 0.1) is 5.69 Å². The first-order valence-electron chi connectivity index (χ1n) is 4.82. The van der Waals surface area contributed by atoms with E-state index in [1.165, 1.54) is 0 Å². The van der Waals surface area contributed by atoms with Crippen LogP contribution in [0.3, 0.4) is 0 Å². The van der Waals surface area contributed by atoms with Gasteiger partial charge in [0, 0.05) is 5.02 Å². The van der Waals surface area contributed by atoms with Crippen LogP contribution in [0.1, 0.15) is 0 Å². The van der Waals surface area contributed by atoms with Crippen molar-refractivity contribution in [3.05, 3.63) is 53.6 Å². The maximum absolute atomic E-state index is 5.89. The van der Waals surface area contributed by atoms with Gasteiger partial charge in [-0.15, -0.1) is 10.2 Å². The van der Waals surface area contributed by atoms with E-state index in [0.717, 1.165) is 16.7 Å². The van der Waals surface area contributed by atoms with Crippen LogP contribution in [0.2, 0.25) is 5.02 Å². The molecular formula is C12H7ClN3. The molecule has 3 aromatic rings. The number of fused-ring (bicyclic) bond motifs is 1. The number of halogens is 1. The summed E-state index contributed by atoms with van der Waals surface area (Å²) in [6, 6.07) is 15.9. The highest BCUT2D eigenvalue weighted by molar-refractivity contribution is 6.31. The van der Waals surface area contributed by atoms with Crippen molar-refractivity contribution in [3.63, 3.8) is 0 Å². The average molecular weight is 229 g/mol. The van der Waals surface area contributed by atoms with Crippen molar-refractivity contribution < 1.29 is 0 Å². The first-order valence-corrected chi connectivity index (χ1v) is 5.20. The van der Waals surface area contributed by atoms with Crippen LogP contribution < -0.4 is 0 Å². The third-order valence-corrected chi connectivity index (χ3v) is 2.51. The number of hydrogen-bond donors (Lipinski definition) is 0. The number of benzene rings is 2. The van der Waals surface area contributed by atoms with Gasteiger partial charge < -0.3 is 0 Å². The summed E-state index contributed by atoms with van der Waals surface area (Å²) in [6.45, 7) is 0. The molecular weight excluding hydrogens is 222 g/mol. The predicted molar refractivity (Wildman–Crippen MR) is 62.7 cm³/mol. The second-order valence-corrected chi connectivity index (χ2v) is 3.82. The minimum atomic E-state index is 0.668. The molecule has 0 saturated carbocycles. The molecule has 4 heteroatoms. The highest BCUT2D eigenvalue weighted by Crippen LogP contribution is 2.16. The Morgan fingerprint density at radius 3 is 2.56 bits per heavy atom. The van der Waals surface area contributed by atoms with Gasteiger partial charge in [-0.3, -0.25) is 0 Å². The standard InChI is InChI=1S/C12H7ClN3/c13-9-6-7-11-12(8-9)15-16(14-11)10-4-2-1-3-5-10/h2-8H. The minimum Gasteiger partial charge on any atom is -0.150 e. The Bertz CT molecular complexity index is 631. The Hall–Kier alpha value is -1.87. The van der Waals surface area contributed by atoms with Gasteiger partial charge in [-0.1, -0.05) is 23.7 Å². The van der Waals surface area contributed by atoms with E-state index in [9.17, 15) is 0 Å². The fourth-order valence-corrected chi connectivity index (χ4v) is 1.68. The molecule has 1 radical (unpaired) electrons. The lowest BCUT2D eigenvalue weighted by atomic mass is 10.3. The fourth-order valence-electron chi connectivity index (χ4n) is 1.51. The van der Waals surface area contributed by atoms with Crippen LogP contribution in [-0.2, 0) is 0 Å². The van der Waals surface area contributed by atoms with Crippen molar-refractivity contribution in [1.82, 2.24) is 15.0 Å². The van der Waals surface area contributed by atoms with Crippen LogP contribution >= 0.6 is 11.6 Å². The van der Waals surface area contributed by atoms with Gasteiger partial charge >= 0.3 is 0 Å². The Morgan fingerprint density at radius 1 is 1.00 bits per heavy atom. The van der Waals surface area contributed by atoms with E-state index < -0.39 is 0 Å². The summed E-state index contributed by atoms with van der Waals surface area (Å²) in [5, 5.41) is 9.38. The molecule has 0 unspecified atom stereocenters. The van der Waals surface area contributed by atoms with Gasteiger partial charge in [0.1, 0.15) is 11.0 Å². The maximum atomic E-state index is 5.89. The van der Waals surface area contributed by atoms with Gasteiger partial charge in [0.2, 0.25) is 0 Å². The second kappa shape index (κ2) is 3.61. The summed E-state index contributed by atoms with van der Waals surface area (Å²) in [4.78, 5) is 1.59. The second-order valence-electron chi connectivity index (χ2n) is 3.38. The van der Waals surface area contributed by atoms with Crippen molar-refractivity contribution in [3.8, 4) is 5.69 Å². The zero-order valence-corrected chi connectivity index (χ0v) is 9.02. The van der Waals surface area contributed by atoms with Crippen LogP contribution in [0.4, 0.5) is 0 Å². The zero-order chi connectivity index (χ0) is 11.0. The summed E-state index contributed by atoms with van der Waals surface area (Å²) >= 11 is 5.89. The quantitative estimate of drug-likeness (QED) is 0.641. The van der Waals surface area contributed by atoms with Crippen molar-refractivity contribution in [1.29, 1.82) is 0 Å². The molecule has 77 valence electrons. The number of hydrogen-bond acceptors (Lipinski definition) is 2. The summed E-state index contributed by atoms with van der Waals surface area (Å²) in [5.41, 5.74) is 2.53. The van der Waals surface area contributed by atoms with E-state index in [1.54, 1.807) is 10.9 Å². The molecule has 0 bridgehead atoms. The number of aromatic nitrogens is 3. The number of nitrogens with zero attached hydrogens (tertiary/aromatic N) is 3. The molecule has 0 aliphatic carbocycles. The molecule has 0 fully saturated rings. The van der Waals surface area contributed by atoms with E-state index >= 15 is 0 Å². The minimum absolute atomic E-state index is 0.668. The lowest BCUT2D eigenvalue weighted by molar-refractivity contribution is 0.765. The normalized spacial score (nSPS) is 10.8. The monoisotopic (exact) mass is 228 g/mol. The van der Waals surface area contributed by atoms with E-state index in [2.05, 4.69) is 16.3 Å². The topological polar surface area (TPSA) is 30.7 Å². The van der Waals surface area contributed by atoms with E-state index in [-0.39, 0.29) is 0 Å². The fraction of sp³-hybridized carbons (Fsp3) is 0. The van der Waals surface area contributed by atoms with E-state index in [0.29, 0.717) is 5.02 Å². The molecule has 0 saturated heterocycles.